The first-order chi connectivity index (χ1) is 8.44. The predicted octanol–water partition coefficient (Wildman–Crippen LogP) is 3.99. The zero-order valence-electron chi connectivity index (χ0n) is 11.0. The SMILES string of the molecule is CC(C)(CCCO)CNCc1ccc(Br)cc1Cl. The van der Waals surface area contributed by atoms with Gasteiger partial charge < -0.3 is 10.4 Å². The molecular weight excluding hydrogens is 314 g/mol. The van der Waals surface area contributed by atoms with Gasteiger partial charge in [0, 0.05) is 29.2 Å². The van der Waals surface area contributed by atoms with E-state index in [0.29, 0.717) is 0 Å². The minimum atomic E-state index is 0.199. The van der Waals surface area contributed by atoms with Crippen molar-refractivity contribution in [3.63, 3.8) is 0 Å². The molecule has 0 spiro atoms. The van der Waals surface area contributed by atoms with Gasteiger partial charge in [0.2, 0.25) is 0 Å². The van der Waals surface area contributed by atoms with Gasteiger partial charge in [-0.3, -0.25) is 0 Å². The maximum atomic E-state index is 8.85. The minimum absolute atomic E-state index is 0.199. The second kappa shape index (κ2) is 7.49. The lowest BCUT2D eigenvalue weighted by Crippen LogP contribution is -2.29. The molecule has 0 aliphatic rings. The Bertz CT molecular complexity index is 382. The lowest BCUT2D eigenvalue weighted by Gasteiger charge is -2.24. The van der Waals surface area contributed by atoms with Crippen LogP contribution in [0.1, 0.15) is 32.3 Å². The lowest BCUT2D eigenvalue weighted by molar-refractivity contribution is 0.236. The van der Waals surface area contributed by atoms with E-state index in [2.05, 4.69) is 35.1 Å². The third-order valence-corrected chi connectivity index (χ3v) is 3.79. The van der Waals surface area contributed by atoms with E-state index < -0.39 is 0 Å². The summed E-state index contributed by atoms with van der Waals surface area (Å²) in [5.74, 6) is 0. The Kier molecular flexibility index (Phi) is 6.64. The van der Waals surface area contributed by atoms with Crippen molar-refractivity contribution >= 4 is 27.5 Å². The van der Waals surface area contributed by atoms with Crippen molar-refractivity contribution in [3.8, 4) is 0 Å². The lowest BCUT2D eigenvalue weighted by atomic mass is 9.88. The van der Waals surface area contributed by atoms with Gasteiger partial charge in [-0.25, -0.2) is 0 Å². The number of rotatable bonds is 7. The largest absolute Gasteiger partial charge is 0.396 e. The molecular formula is C14H21BrClNO. The van der Waals surface area contributed by atoms with E-state index in [-0.39, 0.29) is 12.0 Å². The first kappa shape index (κ1) is 16.0. The van der Waals surface area contributed by atoms with Gasteiger partial charge in [-0.2, -0.15) is 0 Å². The highest BCUT2D eigenvalue weighted by atomic mass is 79.9. The Balaban J connectivity index is 2.41. The van der Waals surface area contributed by atoms with Gasteiger partial charge >= 0.3 is 0 Å². The van der Waals surface area contributed by atoms with Crippen LogP contribution in [-0.2, 0) is 6.54 Å². The number of aliphatic hydroxyl groups excluding tert-OH is 1. The van der Waals surface area contributed by atoms with E-state index in [1.54, 1.807) is 0 Å². The molecule has 0 heterocycles. The molecule has 1 aromatic carbocycles. The van der Waals surface area contributed by atoms with Crippen LogP contribution >= 0.6 is 27.5 Å². The van der Waals surface area contributed by atoms with Crippen molar-refractivity contribution in [1.29, 1.82) is 0 Å². The maximum absolute atomic E-state index is 8.85. The average molecular weight is 335 g/mol. The zero-order chi connectivity index (χ0) is 13.6. The van der Waals surface area contributed by atoms with Gasteiger partial charge in [0.05, 0.1) is 0 Å². The molecule has 0 bridgehead atoms. The van der Waals surface area contributed by atoms with Gasteiger partial charge in [0.1, 0.15) is 0 Å². The highest BCUT2D eigenvalue weighted by molar-refractivity contribution is 9.10. The quantitative estimate of drug-likeness (QED) is 0.790. The van der Waals surface area contributed by atoms with Gasteiger partial charge in [0.25, 0.3) is 0 Å². The Hall–Kier alpha value is -0.0900. The molecule has 2 nitrogen and oxygen atoms in total. The van der Waals surface area contributed by atoms with Crippen molar-refractivity contribution in [2.45, 2.75) is 33.2 Å². The fourth-order valence-electron chi connectivity index (χ4n) is 1.85. The van der Waals surface area contributed by atoms with Crippen molar-refractivity contribution < 1.29 is 5.11 Å². The Morgan fingerprint density at radius 1 is 1.39 bits per heavy atom. The summed E-state index contributed by atoms with van der Waals surface area (Å²) >= 11 is 9.56. The van der Waals surface area contributed by atoms with Gasteiger partial charge in [-0.05, 0) is 36.0 Å². The number of aliphatic hydroxyl groups is 1. The summed E-state index contributed by atoms with van der Waals surface area (Å²) in [5, 5.41) is 13.1. The van der Waals surface area contributed by atoms with Crippen molar-refractivity contribution in [2.75, 3.05) is 13.2 Å². The highest BCUT2D eigenvalue weighted by Crippen LogP contribution is 2.23. The molecule has 1 aromatic rings. The molecule has 0 aliphatic heterocycles. The molecule has 0 saturated carbocycles. The summed E-state index contributed by atoms with van der Waals surface area (Å²) in [4.78, 5) is 0. The van der Waals surface area contributed by atoms with Crippen LogP contribution in [-0.4, -0.2) is 18.3 Å². The van der Waals surface area contributed by atoms with E-state index in [1.807, 2.05) is 18.2 Å². The average Bonchev–Trinajstić information content (AvgIpc) is 2.29. The van der Waals surface area contributed by atoms with Crippen LogP contribution in [0.25, 0.3) is 0 Å². The molecule has 0 unspecified atom stereocenters. The molecule has 102 valence electrons. The monoisotopic (exact) mass is 333 g/mol. The Morgan fingerprint density at radius 2 is 2.11 bits per heavy atom. The van der Waals surface area contributed by atoms with Gasteiger partial charge in [0.15, 0.2) is 0 Å². The van der Waals surface area contributed by atoms with Crippen molar-refractivity contribution in [2.24, 2.45) is 5.41 Å². The molecule has 0 fully saturated rings. The summed E-state index contributed by atoms with van der Waals surface area (Å²) in [7, 11) is 0. The van der Waals surface area contributed by atoms with Crippen LogP contribution in [0.3, 0.4) is 0 Å². The van der Waals surface area contributed by atoms with E-state index in [1.165, 1.54) is 0 Å². The zero-order valence-corrected chi connectivity index (χ0v) is 13.3. The van der Waals surface area contributed by atoms with E-state index in [9.17, 15) is 0 Å². The summed E-state index contributed by atoms with van der Waals surface area (Å²) in [5.41, 5.74) is 1.31. The molecule has 0 amide bonds. The van der Waals surface area contributed by atoms with E-state index in [0.717, 1.165) is 41.0 Å². The second-order valence-corrected chi connectivity index (χ2v) is 6.65. The molecule has 0 atom stereocenters. The first-order valence-corrected chi connectivity index (χ1v) is 7.37. The van der Waals surface area contributed by atoms with Gasteiger partial charge in [-0.15, -0.1) is 0 Å². The molecule has 18 heavy (non-hydrogen) atoms. The van der Waals surface area contributed by atoms with Crippen LogP contribution in [0, 0.1) is 5.41 Å². The summed E-state index contributed by atoms with van der Waals surface area (Å²) in [6.07, 6.45) is 1.87. The summed E-state index contributed by atoms with van der Waals surface area (Å²) in [6.45, 7) is 6.37. The molecule has 0 aliphatic carbocycles. The smallest absolute Gasteiger partial charge is 0.0462 e. The Morgan fingerprint density at radius 3 is 2.72 bits per heavy atom. The maximum Gasteiger partial charge on any atom is 0.0462 e. The fraction of sp³-hybridized carbons (Fsp3) is 0.571. The number of halogens is 2. The van der Waals surface area contributed by atoms with Crippen LogP contribution in [0.2, 0.25) is 5.02 Å². The summed E-state index contributed by atoms with van der Waals surface area (Å²) < 4.78 is 1.000. The third-order valence-electron chi connectivity index (χ3n) is 2.95. The minimum Gasteiger partial charge on any atom is -0.396 e. The third kappa shape index (κ3) is 5.70. The number of benzene rings is 1. The van der Waals surface area contributed by atoms with Crippen LogP contribution in [0.15, 0.2) is 22.7 Å². The fourth-order valence-corrected chi connectivity index (χ4v) is 2.59. The molecule has 0 saturated heterocycles. The van der Waals surface area contributed by atoms with E-state index in [4.69, 9.17) is 16.7 Å². The standard InChI is InChI=1S/C14H21BrClNO/c1-14(2,6-3-7-18)10-17-9-11-4-5-12(15)8-13(11)16/h4-5,8,17-18H,3,6-7,9-10H2,1-2H3. The molecule has 2 N–H and O–H groups in total. The van der Waals surface area contributed by atoms with Crippen LogP contribution in [0.4, 0.5) is 0 Å². The number of hydrogen-bond donors (Lipinski definition) is 2. The van der Waals surface area contributed by atoms with Crippen LogP contribution in [0.5, 0.6) is 0 Å². The van der Waals surface area contributed by atoms with Crippen LogP contribution < -0.4 is 5.32 Å². The van der Waals surface area contributed by atoms with E-state index >= 15 is 0 Å². The van der Waals surface area contributed by atoms with Crippen molar-refractivity contribution in [3.05, 3.63) is 33.3 Å². The summed E-state index contributed by atoms with van der Waals surface area (Å²) in [6, 6.07) is 5.94. The van der Waals surface area contributed by atoms with Crippen molar-refractivity contribution in [1.82, 2.24) is 5.32 Å². The molecule has 0 aromatic heterocycles. The molecule has 0 radical (unpaired) electrons. The normalized spacial score (nSPS) is 11.8. The highest BCUT2D eigenvalue weighted by Gasteiger charge is 2.16. The topological polar surface area (TPSA) is 32.3 Å². The molecule has 4 heteroatoms. The predicted molar refractivity (Wildman–Crippen MR) is 81.0 cm³/mol. The second-order valence-electron chi connectivity index (χ2n) is 5.33. The number of nitrogens with one attached hydrogen (secondary N) is 1. The number of hydrogen-bond acceptors (Lipinski definition) is 2. The first-order valence-electron chi connectivity index (χ1n) is 6.20. The molecule has 1 rings (SSSR count). The Labute approximate surface area is 123 Å². The van der Waals surface area contributed by atoms with Gasteiger partial charge in [-0.1, -0.05) is 47.4 Å².